The zero-order valence-electron chi connectivity index (χ0n) is 6.27. The normalized spacial score (nSPS) is 28.5. The first kappa shape index (κ1) is 6.73. The molecule has 0 bridgehead atoms. The highest BCUT2D eigenvalue weighted by Gasteiger charge is 2.37. The summed E-state index contributed by atoms with van der Waals surface area (Å²) in [6, 6.07) is 0. The van der Waals surface area contributed by atoms with Crippen molar-refractivity contribution in [2.45, 2.75) is 12.3 Å². The summed E-state index contributed by atoms with van der Waals surface area (Å²) in [7, 11) is 0. The zero-order valence-corrected chi connectivity index (χ0v) is 6.27. The van der Waals surface area contributed by atoms with Crippen LogP contribution in [0.4, 0.5) is 0 Å². The fourth-order valence-electron chi connectivity index (χ4n) is 1.42. The van der Waals surface area contributed by atoms with E-state index in [0.29, 0.717) is 11.8 Å². The van der Waals surface area contributed by atoms with Gasteiger partial charge in [0.1, 0.15) is 6.33 Å². The van der Waals surface area contributed by atoms with E-state index in [2.05, 4.69) is 9.97 Å². The Morgan fingerprint density at radius 2 is 2.18 bits per heavy atom. The lowest BCUT2D eigenvalue weighted by molar-refractivity contribution is 0.805. The third-order valence-electron chi connectivity index (χ3n) is 2.23. The predicted molar refractivity (Wildman–Crippen MR) is 41.9 cm³/mol. The summed E-state index contributed by atoms with van der Waals surface area (Å²) < 4.78 is 0. The van der Waals surface area contributed by atoms with Crippen molar-refractivity contribution < 1.29 is 0 Å². The lowest BCUT2D eigenvalue weighted by Crippen LogP contribution is -2.02. The van der Waals surface area contributed by atoms with Gasteiger partial charge in [-0.2, -0.15) is 0 Å². The van der Waals surface area contributed by atoms with Crippen LogP contribution < -0.4 is 5.73 Å². The molecule has 2 atom stereocenters. The molecular weight excluding hydrogens is 138 g/mol. The summed E-state index contributed by atoms with van der Waals surface area (Å²) in [6.07, 6.45) is 6.54. The van der Waals surface area contributed by atoms with Crippen LogP contribution in [-0.2, 0) is 0 Å². The van der Waals surface area contributed by atoms with Gasteiger partial charge >= 0.3 is 0 Å². The van der Waals surface area contributed by atoms with Crippen LogP contribution in [-0.4, -0.2) is 16.5 Å². The van der Waals surface area contributed by atoms with Crippen molar-refractivity contribution in [1.29, 1.82) is 0 Å². The smallest absolute Gasteiger partial charge is 0.115 e. The van der Waals surface area contributed by atoms with E-state index in [0.717, 1.165) is 6.54 Å². The Labute approximate surface area is 65.7 Å². The van der Waals surface area contributed by atoms with Crippen molar-refractivity contribution in [1.82, 2.24) is 9.97 Å². The number of rotatable bonds is 2. The second kappa shape index (κ2) is 2.58. The molecule has 0 radical (unpaired) electrons. The van der Waals surface area contributed by atoms with Gasteiger partial charge in [-0.3, -0.25) is 0 Å². The molecule has 2 unspecified atom stereocenters. The molecule has 2 rings (SSSR count). The Morgan fingerprint density at radius 1 is 1.45 bits per heavy atom. The van der Waals surface area contributed by atoms with Crippen molar-refractivity contribution in [3.05, 3.63) is 24.3 Å². The van der Waals surface area contributed by atoms with Crippen LogP contribution in [0.3, 0.4) is 0 Å². The third-order valence-corrected chi connectivity index (χ3v) is 2.23. The van der Waals surface area contributed by atoms with Gasteiger partial charge in [-0.1, -0.05) is 0 Å². The number of nitrogens with zero attached hydrogens (tertiary/aromatic N) is 2. The molecule has 0 spiro atoms. The fourth-order valence-corrected chi connectivity index (χ4v) is 1.42. The molecule has 3 nitrogen and oxygen atoms in total. The Morgan fingerprint density at radius 3 is 2.73 bits per heavy atom. The van der Waals surface area contributed by atoms with Crippen LogP contribution in [0, 0.1) is 5.92 Å². The van der Waals surface area contributed by atoms with Gasteiger partial charge in [0.05, 0.1) is 0 Å². The van der Waals surface area contributed by atoms with Gasteiger partial charge in [0.25, 0.3) is 0 Å². The summed E-state index contributed by atoms with van der Waals surface area (Å²) in [6.45, 7) is 0.791. The van der Waals surface area contributed by atoms with Crippen LogP contribution in [0.2, 0.25) is 0 Å². The maximum atomic E-state index is 5.52. The molecule has 58 valence electrons. The molecule has 1 fully saturated rings. The minimum Gasteiger partial charge on any atom is -0.330 e. The number of aromatic nitrogens is 2. The molecule has 1 aromatic heterocycles. The Kier molecular flexibility index (Phi) is 1.58. The predicted octanol–water partition coefficient (Wildman–Crippen LogP) is 0.539. The van der Waals surface area contributed by atoms with Gasteiger partial charge in [0, 0.05) is 12.4 Å². The average Bonchev–Trinajstić information content (AvgIpc) is 2.85. The molecule has 0 aliphatic heterocycles. The summed E-state index contributed by atoms with van der Waals surface area (Å²) >= 11 is 0. The highest BCUT2D eigenvalue weighted by atomic mass is 14.8. The number of hydrogen-bond acceptors (Lipinski definition) is 3. The minimum atomic E-state index is 0.640. The van der Waals surface area contributed by atoms with E-state index >= 15 is 0 Å². The monoisotopic (exact) mass is 149 g/mol. The molecule has 1 aliphatic carbocycles. The molecule has 11 heavy (non-hydrogen) atoms. The topological polar surface area (TPSA) is 51.8 Å². The van der Waals surface area contributed by atoms with Gasteiger partial charge in [0.2, 0.25) is 0 Å². The van der Waals surface area contributed by atoms with Gasteiger partial charge in [-0.05, 0) is 30.4 Å². The van der Waals surface area contributed by atoms with Crippen LogP contribution in [0.25, 0.3) is 0 Å². The first-order valence-electron chi connectivity index (χ1n) is 3.87. The second-order valence-corrected chi connectivity index (χ2v) is 3.01. The SMILES string of the molecule is NCC1CC1c1cncnc1. The molecule has 2 N–H and O–H groups in total. The Bertz CT molecular complexity index is 234. The lowest BCUT2D eigenvalue weighted by Gasteiger charge is -1.94. The molecule has 0 saturated heterocycles. The van der Waals surface area contributed by atoms with E-state index in [9.17, 15) is 0 Å². The van der Waals surface area contributed by atoms with E-state index in [-0.39, 0.29) is 0 Å². The molecule has 1 heterocycles. The van der Waals surface area contributed by atoms with E-state index < -0.39 is 0 Å². The van der Waals surface area contributed by atoms with Crippen molar-refractivity contribution in [3.63, 3.8) is 0 Å². The molecule has 3 heteroatoms. The van der Waals surface area contributed by atoms with Crippen LogP contribution in [0.5, 0.6) is 0 Å². The van der Waals surface area contributed by atoms with Crippen molar-refractivity contribution >= 4 is 0 Å². The van der Waals surface area contributed by atoms with E-state index in [1.807, 2.05) is 12.4 Å². The van der Waals surface area contributed by atoms with Gasteiger partial charge in [-0.15, -0.1) is 0 Å². The van der Waals surface area contributed by atoms with Crippen LogP contribution in [0.1, 0.15) is 17.9 Å². The molecule has 1 aromatic rings. The quantitative estimate of drug-likeness (QED) is 0.667. The van der Waals surface area contributed by atoms with Gasteiger partial charge < -0.3 is 5.73 Å². The highest BCUT2D eigenvalue weighted by Crippen LogP contribution is 2.45. The maximum absolute atomic E-state index is 5.52. The third kappa shape index (κ3) is 1.24. The Balaban J connectivity index is 2.09. The molecular formula is C8H11N3. The van der Waals surface area contributed by atoms with Gasteiger partial charge in [0.15, 0.2) is 0 Å². The molecule has 0 aromatic carbocycles. The first-order chi connectivity index (χ1) is 5.42. The summed E-state index contributed by atoms with van der Waals surface area (Å²) in [5.41, 5.74) is 6.76. The number of nitrogens with two attached hydrogens (primary N) is 1. The maximum Gasteiger partial charge on any atom is 0.115 e. The van der Waals surface area contributed by atoms with Crippen molar-refractivity contribution in [2.75, 3.05) is 6.54 Å². The second-order valence-electron chi connectivity index (χ2n) is 3.01. The van der Waals surface area contributed by atoms with Gasteiger partial charge in [-0.25, -0.2) is 9.97 Å². The van der Waals surface area contributed by atoms with Crippen molar-refractivity contribution in [2.24, 2.45) is 11.7 Å². The summed E-state index contributed by atoms with van der Waals surface area (Å²) in [5, 5.41) is 0. The van der Waals surface area contributed by atoms with Crippen molar-refractivity contribution in [3.8, 4) is 0 Å². The first-order valence-corrected chi connectivity index (χ1v) is 3.87. The average molecular weight is 149 g/mol. The Hall–Kier alpha value is -0.960. The molecule has 0 amide bonds. The van der Waals surface area contributed by atoms with E-state index in [1.54, 1.807) is 6.33 Å². The minimum absolute atomic E-state index is 0.640. The largest absolute Gasteiger partial charge is 0.330 e. The summed E-state index contributed by atoms with van der Waals surface area (Å²) in [5.74, 6) is 1.32. The lowest BCUT2D eigenvalue weighted by atomic mass is 10.2. The van der Waals surface area contributed by atoms with E-state index in [1.165, 1.54) is 12.0 Å². The van der Waals surface area contributed by atoms with Crippen LogP contribution >= 0.6 is 0 Å². The molecule has 1 aliphatic rings. The van der Waals surface area contributed by atoms with Crippen LogP contribution in [0.15, 0.2) is 18.7 Å². The standard InChI is InChI=1S/C8H11N3/c9-2-6-1-8(6)7-3-10-5-11-4-7/h3-6,8H,1-2,9H2. The highest BCUT2D eigenvalue weighted by molar-refractivity contribution is 5.19. The van der Waals surface area contributed by atoms with E-state index in [4.69, 9.17) is 5.73 Å². The fraction of sp³-hybridized carbons (Fsp3) is 0.500. The summed E-state index contributed by atoms with van der Waals surface area (Å²) in [4.78, 5) is 7.93. The zero-order chi connectivity index (χ0) is 7.68. The molecule has 1 saturated carbocycles. The number of hydrogen-bond donors (Lipinski definition) is 1.